The molecule has 0 unspecified atom stereocenters. The van der Waals surface area contributed by atoms with Gasteiger partial charge >= 0.3 is 11.9 Å². The molecule has 160 valence electrons. The number of methoxy groups -OCH3 is 1. The second-order valence-corrected chi connectivity index (χ2v) is 7.25. The maximum absolute atomic E-state index is 11.9. The number of aromatic nitrogens is 1. The smallest absolute Gasteiger partial charge is 0.339 e. The van der Waals surface area contributed by atoms with E-state index in [2.05, 4.69) is 9.56 Å². The van der Waals surface area contributed by atoms with Crippen molar-refractivity contribution in [2.45, 2.75) is 20.8 Å². The molecule has 3 aromatic rings. The van der Waals surface area contributed by atoms with Gasteiger partial charge < -0.3 is 14.0 Å². The number of rotatable bonds is 6. The van der Waals surface area contributed by atoms with Gasteiger partial charge in [0.1, 0.15) is 0 Å². The van der Waals surface area contributed by atoms with Crippen LogP contribution >= 0.6 is 11.6 Å². The fraction of sp³-hybridized carbons (Fsp3) is 0.208. The highest BCUT2D eigenvalue weighted by Crippen LogP contribution is 2.25. The topological polar surface area (TPSA) is 69.9 Å². The number of hydrogen-bond acceptors (Lipinski definition) is 5. The van der Waals surface area contributed by atoms with Crippen LogP contribution in [0.15, 0.2) is 53.5 Å². The lowest BCUT2D eigenvalue weighted by atomic mass is 10.2. The highest BCUT2D eigenvalue weighted by molar-refractivity contribution is 6.33. The Hall–Kier alpha value is -3.38. The van der Waals surface area contributed by atoms with Gasteiger partial charge in [0.25, 0.3) is 0 Å². The van der Waals surface area contributed by atoms with Gasteiger partial charge in [-0.3, -0.25) is 4.99 Å². The monoisotopic (exact) mass is 438 g/mol. The first kappa shape index (κ1) is 22.3. The Morgan fingerprint density at radius 3 is 2.39 bits per heavy atom. The van der Waals surface area contributed by atoms with E-state index in [0.717, 1.165) is 22.6 Å². The van der Waals surface area contributed by atoms with E-state index in [1.54, 1.807) is 43.5 Å². The van der Waals surface area contributed by atoms with Crippen molar-refractivity contribution in [2.75, 3.05) is 13.7 Å². The molecule has 0 amide bonds. The van der Waals surface area contributed by atoms with Crippen LogP contribution in [0.4, 0.5) is 5.69 Å². The minimum absolute atomic E-state index is 0.286. The van der Waals surface area contributed by atoms with Crippen molar-refractivity contribution in [3.63, 3.8) is 0 Å². The zero-order chi connectivity index (χ0) is 22.5. The molecule has 6 nitrogen and oxygen atoms in total. The number of hydrogen-bond donors (Lipinski definition) is 0. The Balaban J connectivity index is 1.86. The van der Waals surface area contributed by atoms with Crippen LogP contribution in [0.25, 0.3) is 5.69 Å². The SMILES string of the molecule is CCOC(=O)c1ccc(-n2c(C)cc(C=Nc3ccc(C(=O)OC)c(Cl)c3)c2C)cc1. The van der Waals surface area contributed by atoms with Gasteiger partial charge in [0, 0.05) is 28.9 Å². The van der Waals surface area contributed by atoms with Gasteiger partial charge in [-0.25, -0.2) is 9.59 Å². The third-order valence-corrected chi connectivity index (χ3v) is 5.13. The van der Waals surface area contributed by atoms with Crippen LogP contribution in [-0.4, -0.2) is 36.4 Å². The number of nitrogens with zero attached hydrogens (tertiary/aromatic N) is 2. The van der Waals surface area contributed by atoms with Crippen molar-refractivity contribution >= 4 is 35.4 Å². The molecule has 0 spiro atoms. The fourth-order valence-electron chi connectivity index (χ4n) is 3.28. The summed E-state index contributed by atoms with van der Waals surface area (Å²) in [4.78, 5) is 28.0. The zero-order valence-corrected chi connectivity index (χ0v) is 18.6. The van der Waals surface area contributed by atoms with Gasteiger partial charge in [-0.2, -0.15) is 0 Å². The summed E-state index contributed by atoms with van der Waals surface area (Å²) in [6, 6.07) is 14.2. The van der Waals surface area contributed by atoms with E-state index in [1.807, 2.05) is 32.0 Å². The molecule has 0 saturated heterocycles. The molecular weight excluding hydrogens is 416 g/mol. The van der Waals surface area contributed by atoms with Crippen LogP contribution in [-0.2, 0) is 9.47 Å². The number of ether oxygens (including phenoxy) is 2. The highest BCUT2D eigenvalue weighted by Gasteiger charge is 2.13. The normalized spacial score (nSPS) is 11.0. The Bertz CT molecular complexity index is 1150. The first-order chi connectivity index (χ1) is 14.8. The standard InChI is InChI=1S/C24H23ClN2O4/c1-5-31-23(28)17-6-9-20(10-7-17)27-15(2)12-18(16(27)3)14-26-19-8-11-21(22(25)13-19)24(29)30-4/h6-14H,5H2,1-4H3. The number of esters is 2. The predicted molar refractivity (Wildman–Crippen MR) is 121 cm³/mol. The summed E-state index contributed by atoms with van der Waals surface area (Å²) in [5.74, 6) is -0.822. The number of carbonyl (C=O) groups excluding carboxylic acids is 2. The fourth-order valence-corrected chi connectivity index (χ4v) is 3.53. The molecule has 0 fully saturated rings. The molecule has 0 radical (unpaired) electrons. The summed E-state index contributed by atoms with van der Waals surface area (Å²) in [6.07, 6.45) is 1.76. The molecule has 0 N–H and O–H groups in total. The van der Waals surface area contributed by atoms with Crippen LogP contribution in [0.2, 0.25) is 5.02 Å². The summed E-state index contributed by atoms with van der Waals surface area (Å²) < 4.78 is 11.8. The molecule has 0 bridgehead atoms. The van der Waals surface area contributed by atoms with Crippen molar-refractivity contribution in [3.05, 3.63) is 81.6 Å². The molecule has 3 rings (SSSR count). The Labute approximate surface area is 186 Å². The number of benzene rings is 2. The predicted octanol–water partition coefficient (Wildman–Crippen LogP) is 5.46. The van der Waals surface area contributed by atoms with Crippen molar-refractivity contribution < 1.29 is 19.1 Å². The van der Waals surface area contributed by atoms with Crippen LogP contribution < -0.4 is 0 Å². The van der Waals surface area contributed by atoms with Crippen LogP contribution in [0, 0.1) is 13.8 Å². The molecular formula is C24H23ClN2O4. The highest BCUT2D eigenvalue weighted by atomic mass is 35.5. The molecule has 1 heterocycles. The number of halogens is 1. The third kappa shape index (κ3) is 4.86. The minimum Gasteiger partial charge on any atom is -0.465 e. The van der Waals surface area contributed by atoms with Crippen LogP contribution in [0.5, 0.6) is 0 Å². The van der Waals surface area contributed by atoms with E-state index in [9.17, 15) is 9.59 Å². The van der Waals surface area contributed by atoms with Gasteiger partial charge in [0.15, 0.2) is 0 Å². The second-order valence-electron chi connectivity index (χ2n) is 6.84. The summed E-state index contributed by atoms with van der Waals surface area (Å²) in [5, 5.41) is 0.286. The van der Waals surface area contributed by atoms with Gasteiger partial charge in [-0.05, 0) is 69.3 Å². The van der Waals surface area contributed by atoms with Crippen molar-refractivity contribution in [1.82, 2.24) is 4.57 Å². The van der Waals surface area contributed by atoms with E-state index < -0.39 is 5.97 Å². The Morgan fingerprint density at radius 2 is 1.77 bits per heavy atom. The Morgan fingerprint density at radius 1 is 1.06 bits per heavy atom. The van der Waals surface area contributed by atoms with E-state index in [1.165, 1.54) is 7.11 Å². The third-order valence-electron chi connectivity index (χ3n) is 4.82. The van der Waals surface area contributed by atoms with E-state index in [0.29, 0.717) is 23.4 Å². The number of carbonyl (C=O) groups is 2. The maximum atomic E-state index is 11.9. The summed E-state index contributed by atoms with van der Waals surface area (Å²) in [6.45, 7) is 6.13. The lowest BCUT2D eigenvalue weighted by molar-refractivity contribution is 0.0525. The minimum atomic E-state index is -0.488. The van der Waals surface area contributed by atoms with Crippen molar-refractivity contribution in [1.29, 1.82) is 0 Å². The first-order valence-corrected chi connectivity index (χ1v) is 10.1. The Kier molecular flexibility index (Phi) is 6.92. The van der Waals surface area contributed by atoms with Gasteiger partial charge in [-0.15, -0.1) is 0 Å². The zero-order valence-electron chi connectivity index (χ0n) is 17.8. The van der Waals surface area contributed by atoms with Crippen LogP contribution in [0.1, 0.15) is 44.6 Å². The average Bonchev–Trinajstić information content (AvgIpc) is 3.05. The summed E-state index contributed by atoms with van der Waals surface area (Å²) in [7, 11) is 1.31. The molecule has 0 aliphatic rings. The van der Waals surface area contributed by atoms with Gasteiger partial charge in [-0.1, -0.05) is 11.6 Å². The van der Waals surface area contributed by atoms with Gasteiger partial charge in [0.05, 0.1) is 35.6 Å². The lowest BCUT2D eigenvalue weighted by Crippen LogP contribution is -2.05. The van der Waals surface area contributed by atoms with E-state index in [4.69, 9.17) is 21.1 Å². The van der Waals surface area contributed by atoms with Crippen molar-refractivity contribution in [2.24, 2.45) is 4.99 Å². The lowest BCUT2D eigenvalue weighted by Gasteiger charge is -2.10. The largest absolute Gasteiger partial charge is 0.465 e. The molecule has 0 aliphatic carbocycles. The maximum Gasteiger partial charge on any atom is 0.339 e. The summed E-state index contributed by atoms with van der Waals surface area (Å²) >= 11 is 6.17. The quantitative estimate of drug-likeness (QED) is 0.378. The summed E-state index contributed by atoms with van der Waals surface area (Å²) in [5.41, 5.74) is 5.36. The number of aryl methyl sites for hydroxylation is 1. The number of aliphatic imine (C=N–C) groups is 1. The second kappa shape index (κ2) is 9.62. The molecule has 0 atom stereocenters. The van der Waals surface area contributed by atoms with E-state index >= 15 is 0 Å². The molecule has 0 aliphatic heterocycles. The molecule has 2 aromatic carbocycles. The van der Waals surface area contributed by atoms with E-state index in [-0.39, 0.29) is 11.0 Å². The van der Waals surface area contributed by atoms with Crippen LogP contribution in [0.3, 0.4) is 0 Å². The average molecular weight is 439 g/mol. The first-order valence-electron chi connectivity index (χ1n) is 9.74. The van der Waals surface area contributed by atoms with Crippen molar-refractivity contribution in [3.8, 4) is 5.69 Å². The molecule has 0 saturated carbocycles. The molecule has 7 heteroatoms. The molecule has 31 heavy (non-hydrogen) atoms. The molecule has 1 aromatic heterocycles. The van der Waals surface area contributed by atoms with Gasteiger partial charge in [0.2, 0.25) is 0 Å².